The Bertz CT molecular complexity index is 843. The summed E-state index contributed by atoms with van der Waals surface area (Å²) in [5.74, 6) is 0.497. The van der Waals surface area contributed by atoms with Crippen LogP contribution in [0, 0.1) is 6.92 Å². The first-order valence-corrected chi connectivity index (χ1v) is 9.71. The van der Waals surface area contributed by atoms with Gasteiger partial charge >= 0.3 is 0 Å². The van der Waals surface area contributed by atoms with E-state index in [0.717, 1.165) is 24.2 Å². The van der Waals surface area contributed by atoms with E-state index in [9.17, 15) is 4.79 Å². The molecule has 0 saturated carbocycles. The molecule has 156 valence electrons. The Balaban J connectivity index is 1.33. The van der Waals surface area contributed by atoms with Gasteiger partial charge in [0.1, 0.15) is 23.7 Å². The minimum absolute atomic E-state index is 0.152. The molecule has 2 aliphatic rings. The van der Waals surface area contributed by atoms with Gasteiger partial charge in [0.25, 0.3) is 0 Å². The quantitative estimate of drug-likeness (QED) is 0.766. The lowest BCUT2D eigenvalue weighted by Crippen LogP contribution is -2.52. The van der Waals surface area contributed by atoms with Crippen LogP contribution < -0.4 is 10.1 Å². The zero-order chi connectivity index (χ0) is 20.3. The fraction of sp³-hybridized carbons (Fsp3) is 0.550. The highest BCUT2D eigenvalue weighted by Crippen LogP contribution is 2.32. The first-order chi connectivity index (χ1) is 14.1. The maximum atomic E-state index is 12.5. The first-order valence-electron chi connectivity index (χ1n) is 9.71. The van der Waals surface area contributed by atoms with Crippen molar-refractivity contribution in [1.82, 2.24) is 20.4 Å². The van der Waals surface area contributed by atoms with E-state index in [-0.39, 0.29) is 5.91 Å². The van der Waals surface area contributed by atoms with Crippen LogP contribution in [0.15, 0.2) is 29.1 Å². The Morgan fingerprint density at radius 1 is 1.48 bits per heavy atom. The van der Waals surface area contributed by atoms with Crippen molar-refractivity contribution in [2.45, 2.75) is 38.1 Å². The van der Waals surface area contributed by atoms with Crippen molar-refractivity contribution in [3.05, 3.63) is 41.4 Å². The van der Waals surface area contributed by atoms with Crippen molar-refractivity contribution >= 4 is 5.91 Å². The molecule has 9 nitrogen and oxygen atoms in total. The number of morpholine rings is 1. The van der Waals surface area contributed by atoms with Crippen LogP contribution in [-0.4, -0.2) is 66.1 Å². The molecule has 4 heterocycles. The summed E-state index contributed by atoms with van der Waals surface area (Å²) in [6, 6.07) is 3.81. The number of amides is 1. The maximum absolute atomic E-state index is 12.5. The van der Waals surface area contributed by atoms with Crippen molar-refractivity contribution in [3.8, 4) is 5.88 Å². The number of pyridine rings is 1. The van der Waals surface area contributed by atoms with Gasteiger partial charge in [0, 0.05) is 43.9 Å². The van der Waals surface area contributed by atoms with Gasteiger partial charge in [-0.05, 0) is 18.6 Å². The molecular formula is C20H26N4O5. The van der Waals surface area contributed by atoms with E-state index in [0.29, 0.717) is 44.3 Å². The van der Waals surface area contributed by atoms with Gasteiger partial charge in [0.05, 0.1) is 26.9 Å². The average Bonchev–Trinajstić information content (AvgIpc) is 3.37. The number of nitrogens with one attached hydrogen (secondary N) is 1. The van der Waals surface area contributed by atoms with Crippen LogP contribution in [0.1, 0.15) is 23.2 Å². The standard InChI is InChI=1S/C20H26N4O5/c1-14-7-15(9-22-19(14)26-2)11-24-4-6-28-20(12-24)8-17(27-13-20)18(25)21-10-16-3-5-29-23-16/h3,5,7,9,17H,4,6,8,10-13H2,1-2H3,(H,21,25)/t17-,20+/m1/s1. The molecule has 4 rings (SSSR count). The van der Waals surface area contributed by atoms with Gasteiger partial charge in [0.15, 0.2) is 0 Å². The number of aromatic nitrogens is 2. The molecule has 0 radical (unpaired) electrons. The molecule has 2 saturated heterocycles. The summed E-state index contributed by atoms with van der Waals surface area (Å²) in [6.45, 7) is 5.64. The van der Waals surface area contributed by atoms with Crippen molar-refractivity contribution < 1.29 is 23.5 Å². The lowest BCUT2D eigenvalue weighted by molar-refractivity contribution is -0.130. The van der Waals surface area contributed by atoms with Crippen LogP contribution in [0.5, 0.6) is 5.88 Å². The molecule has 0 unspecified atom stereocenters. The summed E-state index contributed by atoms with van der Waals surface area (Å²) in [7, 11) is 1.62. The van der Waals surface area contributed by atoms with E-state index in [1.807, 2.05) is 13.1 Å². The van der Waals surface area contributed by atoms with Crippen LogP contribution in [-0.2, 0) is 27.4 Å². The molecule has 0 aliphatic carbocycles. The summed E-state index contributed by atoms with van der Waals surface area (Å²) in [5.41, 5.74) is 2.36. The van der Waals surface area contributed by atoms with Crippen LogP contribution in [0.2, 0.25) is 0 Å². The Morgan fingerprint density at radius 2 is 2.38 bits per heavy atom. The highest BCUT2D eigenvalue weighted by Gasteiger charge is 2.46. The number of methoxy groups -OCH3 is 1. The maximum Gasteiger partial charge on any atom is 0.249 e. The summed E-state index contributed by atoms with van der Waals surface area (Å²) < 4.78 is 21.9. The van der Waals surface area contributed by atoms with Crippen LogP contribution >= 0.6 is 0 Å². The van der Waals surface area contributed by atoms with Crippen LogP contribution in [0.3, 0.4) is 0 Å². The molecular weight excluding hydrogens is 376 g/mol. The Kier molecular flexibility index (Phi) is 5.79. The number of hydrogen-bond donors (Lipinski definition) is 1. The zero-order valence-electron chi connectivity index (χ0n) is 16.7. The fourth-order valence-electron chi connectivity index (χ4n) is 3.94. The van der Waals surface area contributed by atoms with Crippen LogP contribution in [0.4, 0.5) is 0 Å². The normalized spacial score (nSPS) is 24.7. The molecule has 0 bridgehead atoms. The zero-order valence-corrected chi connectivity index (χ0v) is 16.7. The van der Waals surface area contributed by atoms with E-state index < -0.39 is 11.7 Å². The average molecular weight is 402 g/mol. The molecule has 2 fully saturated rings. The van der Waals surface area contributed by atoms with Gasteiger partial charge in [0.2, 0.25) is 11.8 Å². The smallest absolute Gasteiger partial charge is 0.249 e. The van der Waals surface area contributed by atoms with E-state index in [1.54, 1.807) is 13.2 Å². The summed E-state index contributed by atoms with van der Waals surface area (Å²) in [5, 5.41) is 6.63. The molecule has 9 heteroatoms. The monoisotopic (exact) mass is 402 g/mol. The minimum atomic E-state index is -0.522. The van der Waals surface area contributed by atoms with Crippen molar-refractivity contribution in [2.24, 2.45) is 0 Å². The minimum Gasteiger partial charge on any atom is -0.481 e. The Morgan fingerprint density at radius 3 is 3.14 bits per heavy atom. The van der Waals surface area contributed by atoms with E-state index >= 15 is 0 Å². The fourth-order valence-corrected chi connectivity index (χ4v) is 3.94. The van der Waals surface area contributed by atoms with Crippen molar-refractivity contribution in [2.75, 3.05) is 33.4 Å². The molecule has 2 aromatic rings. The summed E-state index contributed by atoms with van der Waals surface area (Å²) in [6.07, 6.45) is 3.34. The number of rotatable bonds is 6. The van der Waals surface area contributed by atoms with Crippen molar-refractivity contribution in [1.29, 1.82) is 0 Å². The van der Waals surface area contributed by atoms with E-state index in [1.165, 1.54) is 6.26 Å². The molecule has 0 aromatic carbocycles. The van der Waals surface area contributed by atoms with Gasteiger partial charge in [-0.25, -0.2) is 4.98 Å². The van der Waals surface area contributed by atoms with Gasteiger partial charge in [-0.2, -0.15) is 0 Å². The predicted octanol–water partition coefficient (Wildman–Crippen LogP) is 1.06. The number of aryl methyl sites for hydroxylation is 1. The second-order valence-electron chi connectivity index (χ2n) is 7.62. The predicted molar refractivity (Wildman–Crippen MR) is 102 cm³/mol. The second-order valence-corrected chi connectivity index (χ2v) is 7.62. The topological polar surface area (TPSA) is 99.0 Å². The molecule has 1 spiro atoms. The summed E-state index contributed by atoms with van der Waals surface area (Å²) >= 11 is 0. The van der Waals surface area contributed by atoms with Gasteiger partial charge in [-0.15, -0.1) is 0 Å². The number of nitrogens with zero attached hydrogens (tertiary/aromatic N) is 3. The highest BCUT2D eigenvalue weighted by atomic mass is 16.6. The second kappa shape index (κ2) is 8.48. The third-order valence-electron chi connectivity index (χ3n) is 5.35. The molecule has 2 aliphatic heterocycles. The lowest BCUT2D eigenvalue weighted by atomic mass is 9.97. The van der Waals surface area contributed by atoms with E-state index in [2.05, 4.69) is 26.4 Å². The third kappa shape index (κ3) is 4.58. The first kappa shape index (κ1) is 19.8. The lowest BCUT2D eigenvalue weighted by Gasteiger charge is -2.39. The van der Waals surface area contributed by atoms with Crippen molar-refractivity contribution in [3.63, 3.8) is 0 Å². The van der Waals surface area contributed by atoms with E-state index in [4.69, 9.17) is 18.7 Å². The molecule has 2 atom stereocenters. The third-order valence-corrected chi connectivity index (χ3v) is 5.35. The Hall–Kier alpha value is -2.49. The summed E-state index contributed by atoms with van der Waals surface area (Å²) in [4.78, 5) is 19.1. The highest BCUT2D eigenvalue weighted by molar-refractivity contribution is 5.81. The number of ether oxygens (including phenoxy) is 3. The van der Waals surface area contributed by atoms with Gasteiger partial charge in [-0.1, -0.05) is 5.16 Å². The largest absolute Gasteiger partial charge is 0.481 e. The number of hydrogen-bond acceptors (Lipinski definition) is 8. The van der Waals surface area contributed by atoms with Gasteiger partial charge in [-0.3, -0.25) is 9.69 Å². The molecule has 1 N–H and O–H groups in total. The molecule has 1 amide bonds. The number of carbonyl (C=O) groups excluding carboxylic acids is 1. The molecule has 2 aromatic heterocycles. The number of carbonyl (C=O) groups is 1. The Labute approximate surface area is 169 Å². The molecule has 29 heavy (non-hydrogen) atoms. The van der Waals surface area contributed by atoms with Gasteiger partial charge < -0.3 is 24.1 Å². The van der Waals surface area contributed by atoms with Crippen LogP contribution in [0.25, 0.3) is 0 Å². The SMILES string of the molecule is COc1ncc(CN2CCO[C@]3(CO[C@@H](C(=O)NCc4ccon4)C3)C2)cc1C.